The molecule has 43 heavy (non-hydrogen) atoms. The molecule has 1 aliphatic heterocycles. The summed E-state index contributed by atoms with van der Waals surface area (Å²) < 4.78 is 52.8. The molecule has 5 rings (SSSR count). The molecule has 0 saturated carbocycles. The van der Waals surface area contributed by atoms with Crippen molar-refractivity contribution >= 4 is 17.7 Å². The average Bonchev–Trinajstić information content (AvgIpc) is 2.96. The first kappa shape index (κ1) is 29.5. The van der Waals surface area contributed by atoms with Crippen molar-refractivity contribution < 1.29 is 42.4 Å². The number of halogens is 3. The standard InChI is InChI=1S/C32H27F3N2O6/c33-22-4-2-21(3-5-22)32(41)11-13-37(14-12-32)31(40)36-24-16-27(42-25-9-6-23(34)7-10-25)18-28(17-24)43-26-8-1-20(15-30(38)39)29(35)19-26/h1-10,16-19,41H,11-15H2,(H,36,40)(H,38,39). The summed E-state index contributed by atoms with van der Waals surface area (Å²) in [7, 11) is 0. The second kappa shape index (κ2) is 12.5. The molecule has 0 unspecified atom stereocenters. The highest BCUT2D eigenvalue weighted by Gasteiger charge is 2.35. The van der Waals surface area contributed by atoms with Crippen molar-refractivity contribution in [2.24, 2.45) is 0 Å². The normalized spacial score (nSPS) is 14.2. The lowest BCUT2D eigenvalue weighted by atomic mass is 9.84. The number of carbonyl (C=O) groups is 2. The molecule has 3 N–H and O–H groups in total. The third-order valence-corrected chi connectivity index (χ3v) is 7.04. The Labute approximate surface area is 244 Å². The number of ether oxygens (including phenoxy) is 2. The zero-order valence-corrected chi connectivity index (χ0v) is 22.7. The number of hydrogen-bond acceptors (Lipinski definition) is 5. The van der Waals surface area contributed by atoms with Crippen molar-refractivity contribution in [2.75, 3.05) is 18.4 Å². The van der Waals surface area contributed by atoms with E-state index in [1.165, 1.54) is 83.8 Å². The fourth-order valence-electron chi connectivity index (χ4n) is 4.77. The number of rotatable bonds is 8. The van der Waals surface area contributed by atoms with Gasteiger partial charge in [-0.3, -0.25) is 4.79 Å². The molecule has 1 aliphatic rings. The van der Waals surface area contributed by atoms with Crippen LogP contribution >= 0.6 is 0 Å². The number of carbonyl (C=O) groups excluding carboxylic acids is 1. The van der Waals surface area contributed by atoms with Crippen LogP contribution in [-0.4, -0.2) is 40.2 Å². The molecule has 0 aromatic heterocycles. The first-order valence-electron chi connectivity index (χ1n) is 13.4. The predicted molar refractivity (Wildman–Crippen MR) is 151 cm³/mol. The summed E-state index contributed by atoms with van der Waals surface area (Å²) in [5.41, 5.74) is -0.339. The zero-order chi connectivity index (χ0) is 30.6. The summed E-state index contributed by atoms with van der Waals surface area (Å²) >= 11 is 0. The Bertz CT molecular complexity index is 1620. The Hall–Kier alpha value is -5.03. The highest BCUT2D eigenvalue weighted by Crippen LogP contribution is 2.35. The van der Waals surface area contributed by atoms with Gasteiger partial charge in [0, 0.05) is 43.0 Å². The molecule has 4 aromatic rings. The van der Waals surface area contributed by atoms with Crippen molar-refractivity contribution in [3.8, 4) is 23.0 Å². The SMILES string of the molecule is O=C(O)Cc1ccc(Oc2cc(NC(=O)N3CCC(O)(c4ccc(F)cc4)CC3)cc(Oc3ccc(F)cc3)c2)cc1F. The molecule has 1 saturated heterocycles. The van der Waals surface area contributed by atoms with Gasteiger partial charge in [-0.05, 0) is 66.4 Å². The Morgan fingerprint density at radius 3 is 1.91 bits per heavy atom. The van der Waals surface area contributed by atoms with Crippen molar-refractivity contribution in [3.63, 3.8) is 0 Å². The number of urea groups is 1. The molecule has 1 fully saturated rings. The van der Waals surface area contributed by atoms with E-state index in [0.717, 1.165) is 6.07 Å². The van der Waals surface area contributed by atoms with Gasteiger partial charge in [-0.15, -0.1) is 0 Å². The lowest BCUT2D eigenvalue weighted by molar-refractivity contribution is -0.136. The van der Waals surface area contributed by atoms with Crippen LogP contribution in [0, 0.1) is 17.5 Å². The molecule has 1 heterocycles. The van der Waals surface area contributed by atoms with Gasteiger partial charge in [0.1, 0.15) is 40.4 Å². The van der Waals surface area contributed by atoms with Crippen molar-refractivity contribution in [1.29, 1.82) is 0 Å². The van der Waals surface area contributed by atoms with Gasteiger partial charge in [-0.25, -0.2) is 18.0 Å². The van der Waals surface area contributed by atoms with Crippen LogP contribution in [0.3, 0.4) is 0 Å². The van der Waals surface area contributed by atoms with Gasteiger partial charge in [0.05, 0.1) is 12.0 Å². The molecule has 4 aromatic carbocycles. The largest absolute Gasteiger partial charge is 0.481 e. The molecule has 8 nitrogen and oxygen atoms in total. The molecule has 0 radical (unpaired) electrons. The van der Waals surface area contributed by atoms with Gasteiger partial charge >= 0.3 is 12.0 Å². The van der Waals surface area contributed by atoms with Gasteiger partial charge in [0.25, 0.3) is 0 Å². The van der Waals surface area contributed by atoms with E-state index in [1.54, 1.807) is 0 Å². The molecule has 0 spiro atoms. The maximum Gasteiger partial charge on any atom is 0.321 e. The fourth-order valence-corrected chi connectivity index (χ4v) is 4.77. The van der Waals surface area contributed by atoms with Gasteiger partial charge < -0.3 is 29.9 Å². The number of carboxylic acid groups (broad SMARTS) is 1. The second-order valence-corrected chi connectivity index (χ2v) is 10.1. The van der Waals surface area contributed by atoms with Gasteiger partial charge in [0.15, 0.2) is 0 Å². The number of piperidine rings is 1. The van der Waals surface area contributed by atoms with E-state index in [0.29, 0.717) is 11.3 Å². The molecule has 2 amide bonds. The van der Waals surface area contributed by atoms with Gasteiger partial charge in [0.2, 0.25) is 0 Å². The lowest BCUT2D eigenvalue weighted by Crippen LogP contribution is -2.46. The highest BCUT2D eigenvalue weighted by atomic mass is 19.1. The number of nitrogens with one attached hydrogen (secondary N) is 1. The minimum absolute atomic E-state index is 0.00551. The van der Waals surface area contributed by atoms with E-state index in [2.05, 4.69) is 5.32 Å². The van der Waals surface area contributed by atoms with E-state index in [4.69, 9.17) is 14.6 Å². The van der Waals surface area contributed by atoms with Crippen LogP contribution in [0.2, 0.25) is 0 Å². The predicted octanol–water partition coefficient (Wildman–Crippen LogP) is 6.83. The van der Waals surface area contributed by atoms with Crippen LogP contribution in [-0.2, 0) is 16.8 Å². The Balaban J connectivity index is 1.33. The maximum atomic E-state index is 14.5. The smallest absolute Gasteiger partial charge is 0.321 e. The van der Waals surface area contributed by atoms with Crippen LogP contribution < -0.4 is 14.8 Å². The Morgan fingerprint density at radius 2 is 1.33 bits per heavy atom. The van der Waals surface area contributed by atoms with E-state index < -0.39 is 41.5 Å². The Kier molecular flexibility index (Phi) is 8.53. The zero-order valence-electron chi connectivity index (χ0n) is 22.7. The Morgan fingerprint density at radius 1 is 0.767 bits per heavy atom. The topological polar surface area (TPSA) is 108 Å². The van der Waals surface area contributed by atoms with E-state index >= 15 is 0 Å². The number of aliphatic carboxylic acids is 1. The molecule has 0 bridgehead atoms. The first-order valence-corrected chi connectivity index (χ1v) is 13.4. The number of benzene rings is 4. The number of aliphatic hydroxyl groups is 1. The molecular formula is C32H27F3N2O6. The molecular weight excluding hydrogens is 565 g/mol. The van der Waals surface area contributed by atoms with Gasteiger partial charge in [-0.1, -0.05) is 18.2 Å². The number of hydrogen-bond donors (Lipinski definition) is 3. The maximum absolute atomic E-state index is 14.5. The van der Waals surface area contributed by atoms with Crippen molar-refractivity contribution in [1.82, 2.24) is 4.90 Å². The minimum Gasteiger partial charge on any atom is -0.481 e. The molecule has 222 valence electrons. The number of likely N-dealkylation sites (tertiary alicyclic amines) is 1. The van der Waals surface area contributed by atoms with E-state index in [9.17, 15) is 27.9 Å². The fraction of sp³-hybridized carbons (Fsp3) is 0.188. The summed E-state index contributed by atoms with van der Waals surface area (Å²) in [5, 5.41) is 22.8. The quantitative estimate of drug-likeness (QED) is 0.207. The van der Waals surface area contributed by atoms with Crippen LogP contribution in [0.5, 0.6) is 23.0 Å². The lowest BCUT2D eigenvalue weighted by Gasteiger charge is -2.38. The summed E-state index contributed by atoms with van der Waals surface area (Å²) in [6, 6.07) is 18.8. The van der Waals surface area contributed by atoms with Crippen molar-refractivity contribution in [3.05, 3.63) is 114 Å². The first-order chi connectivity index (χ1) is 20.6. The summed E-state index contributed by atoms with van der Waals surface area (Å²) in [6.07, 6.45) is 0.0101. The third kappa shape index (κ3) is 7.44. The van der Waals surface area contributed by atoms with Crippen LogP contribution in [0.4, 0.5) is 23.7 Å². The van der Waals surface area contributed by atoms with Crippen LogP contribution in [0.1, 0.15) is 24.0 Å². The molecule has 0 aliphatic carbocycles. The number of amides is 2. The summed E-state index contributed by atoms with van der Waals surface area (Å²) in [6.45, 7) is 0.466. The average molecular weight is 593 g/mol. The number of nitrogens with zero attached hydrogens (tertiary/aromatic N) is 1. The minimum atomic E-state index is -1.19. The van der Waals surface area contributed by atoms with E-state index in [-0.39, 0.29) is 54.4 Å². The number of anilines is 1. The summed E-state index contributed by atoms with van der Waals surface area (Å²) in [4.78, 5) is 25.7. The summed E-state index contributed by atoms with van der Waals surface area (Å²) in [5.74, 6) is -1.98. The highest BCUT2D eigenvalue weighted by molar-refractivity contribution is 5.90. The van der Waals surface area contributed by atoms with Gasteiger partial charge in [-0.2, -0.15) is 0 Å². The van der Waals surface area contributed by atoms with Crippen LogP contribution in [0.15, 0.2) is 84.9 Å². The third-order valence-electron chi connectivity index (χ3n) is 7.04. The number of carboxylic acids is 1. The second-order valence-electron chi connectivity index (χ2n) is 10.1. The van der Waals surface area contributed by atoms with E-state index in [1.807, 2.05) is 0 Å². The van der Waals surface area contributed by atoms with Crippen LogP contribution in [0.25, 0.3) is 0 Å². The molecule has 0 atom stereocenters. The van der Waals surface area contributed by atoms with Crippen molar-refractivity contribution in [2.45, 2.75) is 24.9 Å². The molecule has 11 heteroatoms. The monoisotopic (exact) mass is 592 g/mol.